The largest absolute Gasteiger partial charge is 0.481 e. The maximum atomic E-state index is 11.6. The van der Waals surface area contributed by atoms with Crippen LogP contribution in [0.5, 0.6) is 0 Å². The number of urea groups is 1. The Kier molecular flexibility index (Phi) is 8.32. The zero-order valence-electron chi connectivity index (χ0n) is 11.6. The second-order valence-corrected chi connectivity index (χ2v) is 4.39. The lowest BCUT2D eigenvalue weighted by molar-refractivity contribution is -0.145. The Labute approximate surface area is 112 Å². The van der Waals surface area contributed by atoms with Crippen molar-refractivity contribution in [2.24, 2.45) is 5.92 Å². The zero-order chi connectivity index (χ0) is 14.8. The van der Waals surface area contributed by atoms with Gasteiger partial charge in [0.2, 0.25) is 0 Å². The summed E-state index contributed by atoms with van der Waals surface area (Å²) in [5, 5.41) is 11.1. The average Bonchev–Trinajstić information content (AvgIpc) is 2.36. The summed E-state index contributed by atoms with van der Waals surface area (Å²) in [7, 11) is 2.90. The van der Waals surface area contributed by atoms with Crippen molar-refractivity contribution in [3.8, 4) is 0 Å². The van der Waals surface area contributed by atoms with E-state index in [1.54, 1.807) is 14.0 Å². The van der Waals surface area contributed by atoms with E-state index in [0.29, 0.717) is 19.4 Å². The number of aliphatic carboxylic acids is 1. The molecule has 2 N–H and O–H groups in total. The number of hydrogen-bond acceptors (Lipinski definition) is 4. The van der Waals surface area contributed by atoms with Crippen LogP contribution in [0.4, 0.5) is 4.79 Å². The Hall–Kier alpha value is -1.79. The molecule has 0 rings (SSSR count). The Morgan fingerprint density at radius 2 is 1.95 bits per heavy atom. The molecule has 0 aliphatic heterocycles. The smallest absolute Gasteiger partial charge is 0.317 e. The first-order chi connectivity index (χ1) is 8.88. The maximum absolute atomic E-state index is 11.6. The van der Waals surface area contributed by atoms with E-state index in [0.717, 1.165) is 0 Å². The van der Waals surface area contributed by atoms with Gasteiger partial charge in [-0.1, -0.05) is 6.92 Å². The molecule has 0 aromatic carbocycles. The molecule has 0 fully saturated rings. The highest BCUT2D eigenvalue weighted by atomic mass is 16.5. The van der Waals surface area contributed by atoms with Crippen LogP contribution in [-0.4, -0.2) is 55.2 Å². The molecule has 7 heteroatoms. The summed E-state index contributed by atoms with van der Waals surface area (Å²) in [6, 6.07) is -0.286. The van der Waals surface area contributed by atoms with Crippen LogP contribution in [0.25, 0.3) is 0 Å². The number of carboxylic acid groups (broad SMARTS) is 1. The van der Waals surface area contributed by atoms with Crippen LogP contribution in [-0.2, 0) is 14.3 Å². The van der Waals surface area contributed by atoms with Crippen molar-refractivity contribution < 1.29 is 24.2 Å². The highest BCUT2D eigenvalue weighted by molar-refractivity contribution is 5.76. The zero-order valence-corrected chi connectivity index (χ0v) is 11.6. The SMILES string of the molecule is COC(=O)C(C)CN(C)C(=O)NCCCCC(=O)O. The summed E-state index contributed by atoms with van der Waals surface area (Å²) < 4.78 is 4.58. The minimum atomic E-state index is -0.838. The van der Waals surface area contributed by atoms with E-state index in [9.17, 15) is 14.4 Å². The third-order valence-electron chi connectivity index (χ3n) is 2.59. The summed E-state index contributed by atoms with van der Waals surface area (Å²) in [6.07, 6.45) is 1.24. The molecule has 0 aliphatic rings. The summed E-state index contributed by atoms with van der Waals surface area (Å²) in [5.41, 5.74) is 0. The van der Waals surface area contributed by atoms with Crippen LogP contribution in [0.2, 0.25) is 0 Å². The number of nitrogens with zero attached hydrogens (tertiary/aromatic N) is 1. The summed E-state index contributed by atoms with van der Waals surface area (Å²) in [4.78, 5) is 34.5. The van der Waals surface area contributed by atoms with Crippen LogP contribution in [0.15, 0.2) is 0 Å². The first-order valence-corrected chi connectivity index (χ1v) is 6.17. The van der Waals surface area contributed by atoms with Gasteiger partial charge in [0, 0.05) is 26.6 Å². The van der Waals surface area contributed by atoms with Gasteiger partial charge in [-0.3, -0.25) is 9.59 Å². The Balaban J connectivity index is 3.82. The molecular formula is C12H22N2O5. The number of nitrogens with one attached hydrogen (secondary N) is 1. The van der Waals surface area contributed by atoms with Gasteiger partial charge in [-0.15, -0.1) is 0 Å². The van der Waals surface area contributed by atoms with Gasteiger partial charge in [0.15, 0.2) is 0 Å². The summed E-state index contributed by atoms with van der Waals surface area (Å²) in [6.45, 7) is 2.37. The summed E-state index contributed by atoms with van der Waals surface area (Å²) >= 11 is 0. The van der Waals surface area contributed by atoms with E-state index in [2.05, 4.69) is 10.1 Å². The lowest BCUT2D eigenvalue weighted by atomic mass is 10.2. The number of ether oxygens (including phenoxy) is 1. The van der Waals surface area contributed by atoms with Gasteiger partial charge in [0.25, 0.3) is 0 Å². The summed E-state index contributed by atoms with van der Waals surface area (Å²) in [5.74, 6) is -1.58. The molecule has 1 unspecified atom stereocenters. The molecular weight excluding hydrogens is 252 g/mol. The highest BCUT2D eigenvalue weighted by Gasteiger charge is 2.18. The lowest BCUT2D eigenvalue weighted by Crippen LogP contribution is -2.41. The molecule has 7 nitrogen and oxygen atoms in total. The van der Waals surface area contributed by atoms with Gasteiger partial charge in [-0.25, -0.2) is 4.79 Å². The average molecular weight is 274 g/mol. The van der Waals surface area contributed by atoms with E-state index in [4.69, 9.17) is 5.11 Å². The molecule has 0 saturated carbocycles. The van der Waals surface area contributed by atoms with E-state index in [1.165, 1.54) is 12.0 Å². The second kappa shape index (κ2) is 9.18. The van der Waals surface area contributed by atoms with Crippen molar-refractivity contribution >= 4 is 18.0 Å². The van der Waals surface area contributed by atoms with Crippen molar-refractivity contribution in [3.05, 3.63) is 0 Å². The van der Waals surface area contributed by atoms with Gasteiger partial charge in [-0.2, -0.15) is 0 Å². The molecule has 0 bridgehead atoms. The molecule has 1 atom stereocenters. The number of carbonyl (C=O) groups is 3. The molecule has 0 radical (unpaired) electrons. The van der Waals surface area contributed by atoms with Gasteiger partial charge >= 0.3 is 18.0 Å². The molecule has 110 valence electrons. The first kappa shape index (κ1) is 17.2. The Morgan fingerprint density at radius 1 is 1.32 bits per heavy atom. The van der Waals surface area contributed by atoms with Crippen LogP contribution >= 0.6 is 0 Å². The fourth-order valence-corrected chi connectivity index (χ4v) is 1.50. The van der Waals surface area contributed by atoms with Crippen LogP contribution in [0, 0.1) is 5.92 Å². The Morgan fingerprint density at radius 3 is 2.47 bits per heavy atom. The van der Waals surface area contributed by atoms with Gasteiger partial charge < -0.3 is 20.1 Å². The van der Waals surface area contributed by atoms with E-state index in [1.807, 2.05) is 0 Å². The number of hydrogen-bond donors (Lipinski definition) is 2. The highest BCUT2D eigenvalue weighted by Crippen LogP contribution is 2.01. The molecule has 0 aliphatic carbocycles. The minimum absolute atomic E-state index is 0.102. The number of carboxylic acids is 1. The van der Waals surface area contributed by atoms with Crippen molar-refractivity contribution in [3.63, 3.8) is 0 Å². The molecule has 19 heavy (non-hydrogen) atoms. The van der Waals surface area contributed by atoms with Crippen LogP contribution in [0.1, 0.15) is 26.2 Å². The van der Waals surface area contributed by atoms with Crippen molar-refractivity contribution in [2.75, 3.05) is 27.2 Å². The number of amides is 2. The normalized spacial score (nSPS) is 11.5. The molecule has 0 saturated heterocycles. The topological polar surface area (TPSA) is 95.9 Å². The lowest BCUT2D eigenvalue weighted by Gasteiger charge is -2.20. The second-order valence-electron chi connectivity index (χ2n) is 4.39. The number of rotatable bonds is 8. The molecule has 0 spiro atoms. The quantitative estimate of drug-likeness (QED) is 0.501. The van der Waals surface area contributed by atoms with Gasteiger partial charge in [0.05, 0.1) is 13.0 Å². The van der Waals surface area contributed by atoms with Crippen LogP contribution in [0.3, 0.4) is 0 Å². The minimum Gasteiger partial charge on any atom is -0.481 e. The van der Waals surface area contributed by atoms with Gasteiger partial charge in [-0.05, 0) is 12.8 Å². The number of unbranched alkanes of at least 4 members (excludes halogenated alkanes) is 1. The van der Waals surface area contributed by atoms with E-state index < -0.39 is 5.97 Å². The molecule has 0 aromatic rings. The predicted octanol–water partition coefficient (Wildman–Crippen LogP) is 0.692. The van der Waals surface area contributed by atoms with E-state index in [-0.39, 0.29) is 30.9 Å². The Bertz CT molecular complexity index is 319. The fraction of sp³-hybridized carbons (Fsp3) is 0.750. The van der Waals surface area contributed by atoms with Crippen LogP contribution < -0.4 is 5.32 Å². The molecule has 2 amide bonds. The van der Waals surface area contributed by atoms with E-state index >= 15 is 0 Å². The monoisotopic (exact) mass is 274 g/mol. The standard InChI is InChI=1S/C12H22N2O5/c1-9(11(17)19-3)8-14(2)12(18)13-7-5-4-6-10(15)16/h9H,4-8H2,1-3H3,(H,13,18)(H,15,16). The predicted molar refractivity (Wildman–Crippen MR) is 68.7 cm³/mol. The maximum Gasteiger partial charge on any atom is 0.317 e. The van der Waals surface area contributed by atoms with Crippen molar-refractivity contribution in [1.82, 2.24) is 10.2 Å². The first-order valence-electron chi connectivity index (χ1n) is 6.17. The third kappa shape index (κ3) is 8.01. The number of methoxy groups -OCH3 is 1. The number of carbonyl (C=O) groups excluding carboxylic acids is 2. The molecule has 0 aromatic heterocycles. The third-order valence-corrected chi connectivity index (χ3v) is 2.59. The van der Waals surface area contributed by atoms with Gasteiger partial charge in [0.1, 0.15) is 0 Å². The number of esters is 1. The molecule has 0 heterocycles. The van der Waals surface area contributed by atoms with Crippen molar-refractivity contribution in [1.29, 1.82) is 0 Å². The fourth-order valence-electron chi connectivity index (χ4n) is 1.50. The van der Waals surface area contributed by atoms with Crippen molar-refractivity contribution in [2.45, 2.75) is 26.2 Å².